The van der Waals surface area contributed by atoms with Crippen LogP contribution >= 0.6 is 0 Å². The third-order valence-electron chi connectivity index (χ3n) is 4.32. The van der Waals surface area contributed by atoms with Gasteiger partial charge in [0.25, 0.3) is 0 Å². The number of hydrogen-bond donors (Lipinski definition) is 2. The molecule has 7 nitrogen and oxygen atoms in total. The van der Waals surface area contributed by atoms with Crippen LogP contribution in [0, 0.1) is 5.92 Å². The molecule has 0 radical (unpaired) electrons. The molecule has 0 bridgehead atoms. The normalized spacial score (nSPS) is 16.4. The van der Waals surface area contributed by atoms with Crippen molar-refractivity contribution >= 4 is 29.1 Å². The van der Waals surface area contributed by atoms with Gasteiger partial charge in [0.05, 0.1) is 13.0 Å². The zero-order valence-corrected chi connectivity index (χ0v) is 14.3. The monoisotopic (exact) mass is 353 g/mol. The number of nitrogens with zero attached hydrogens (tertiary/aromatic N) is 1. The first-order chi connectivity index (χ1) is 12.5. The lowest BCUT2D eigenvalue weighted by Gasteiger charge is -2.17. The second kappa shape index (κ2) is 7.26. The number of nitrogens with two attached hydrogens (primary N) is 1. The quantitative estimate of drug-likeness (QED) is 0.855. The summed E-state index contributed by atoms with van der Waals surface area (Å²) in [6.45, 7) is 0.316. The van der Waals surface area contributed by atoms with E-state index in [-0.39, 0.29) is 18.2 Å². The first-order valence-corrected chi connectivity index (χ1v) is 8.13. The van der Waals surface area contributed by atoms with Gasteiger partial charge in [-0.1, -0.05) is 0 Å². The average Bonchev–Trinajstić information content (AvgIpc) is 3.04. The summed E-state index contributed by atoms with van der Waals surface area (Å²) < 4.78 is 5.11. The number of anilines is 2. The van der Waals surface area contributed by atoms with E-state index in [0.717, 1.165) is 5.69 Å². The number of methoxy groups -OCH3 is 1. The molecule has 134 valence electrons. The Balaban J connectivity index is 1.65. The highest BCUT2D eigenvalue weighted by Crippen LogP contribution is 2.27. The van der Waals surface area contributed by atoms with Crippen molar-refractivity contribution < 1.29 is 19.1 Å². The Bertz CT molecular complexity index is 831. The molecular formula is C19H19N3O4. The summed E-state index contributed by atoms with van der Waals surface area (Å²) in [4.78, 5) is 37.4. The lowest BCUT2D eigenvalue weighted by Crippen LogP contribution is -2.28. The van der Waals surface area contributed by atoms with Crippen LogP contribution < -0.4 is 20.7 Å². The second-order valence-corrected chi connectivity index (χ2v) is 6.03. The predicted octanol–water partition coefficient (Wildman–Crippen LogP) is 1.79. The molecule has 2 aromatic rings. The first kappa shape index (κ1) is 17.5. The van der Waals surface area contributed by atoms with Crippen LogP contribution in [0.3, 0.4) is 0 Å². The van der Waals surface area contributed by atoms with Crippen LogP contribution in [0.5, 0.6) is 5.75 Å². The minimum Gasteiger partial charge on any atom is -0.497 e. The minimum atomic E-state index is -0.528. The fourth-order valence-corrected chi connectivity index (χ4v) is 2.86. The van der Waals surface area contributed by atoms with Crippen molar-refractivity contribution in [2.75, 3.05) is 23.9 Å². The third-order valence-corrected chi connectivity index (χ3v) is 4.32. The lowest BCUT2D eigenvalue weighted by molar-refractivity contribution is -0.122. The molecular weight excluding hydrogens is 334 g/mol. The Hall–Kier alpha value is -3.35. The molecule has 26 heavy (non-hydrogen) atoms. The largest absolute Gasteiger partial charge is 0.497 e. The molecule has 0 aromatic heterocycles. The van der Waals surface area contributed by atoms with Gasteiger partial charge in [0.2, 0.25) is 17.7 Å². The van der Waals surface area contributed by atoms with E-state index in [1.54, 1.807) is 60.5 Å². The highest BCUT2D eigenvalue weighted by Gasteiger charge is 2.35. The zero-order chi connectivity index (χ0) is 18.7. The number of hydrogen-bond acceptors (Lipinski definition) is 4. The molecule has 1 aliphatic rings. The fraction of sp³-hybridized carbons (Fsp3) is 0.211. The molecule has 0 spiro atoms. The number of rotatable bonds is 5. The van der Waals surface area contributed by atoms with Crippen molar-refractivity contribution in [3.8, 4) is 5.75 Å². The van der Waals surface area contributed by atoms with Crippen LogP contribution in [-0.4, -0.2) is 31.4 Å². The molecule has 3 N–H and O–H groups in total. The second-order valence-electron chi connectivity index (χ2n) is 6.03. The van der Waals surface area contributed by atoms with Gasteiger partial charge in [0, 0.05) is 29.9 Å². The van der Waals surface area contributed by atoms with Gasteiger partial charge < -0.3 is 20.7 Å². The Morgan fingerprint density at radius 1 is 1.12 bits per heavy atom. The Kier molecular flexibility index (Phi) is 4.88. The van der Waals surface area contributed by atoms with Crippen LogP contribution in [0.4, 0.5) is 11.4 Å². The maximum Gasteiger partial charge on any atom is 0.248 e. The SMILES string of the molecule is COc1ccc(N2CC(C(=O)Nc3ccc(C(N)=O)cc3)CC2=O)cc1. The van der Waals surface area contributed by atoms with Gasteiger partial charge in [-0.15, -0.1) is 0 Å². The van der Waals surface area contributed by atoms with Crippen LogP contribution in [0.15, 0.2) is 48.5 Å². The molecule has 1 atom stereocenters. The first-order valence-electron chi connectivity index (χ1n) is 8.13. The Labute approximate surface area is 150 Å². The molecule has 1 heterocycles. The van der Waals surface area contributed by atoms with Crippen molar-refractivity contribution in [2.45, 2.75) is 6.42 Å². The van der Waals surface area contributed by atoms with E-state index in [4.69, 9.17) is 10.5 Å². The summed E-state index contributed by atoms with van der Waals surface area (Å²) in [6.07, 6.45) is 0.150. The van der Waals surface area contributed by atoms with Crippen LogP contribution in [-0.2, 0) is 9.59 Å². The van der Waals surface area contributed by atoms with Crippen molar-refractivity contribution in [1.82, 2.24) is 0 Å². The van der Waals surface area contributed by atoms with Crippen molar-refractivity contribution in [1.29, 1.82) is 0 Å². The van der Waals surface area contributed by atoms with E-state index in [2.05, 4.69) is 5.32 Å². The van der Waals surface area contributed by atoms with Gasteiger partial charge in [-0.25, -0.2) is 0 Å². The third kappa shape index (κ3) is 3.66. The smallest absolute Gasteiger partial charge is 0.248 e. The number of primary amides is 1. The average molecular weight is 353 g/mol. The minimum absolute atomic E-state index is 0.0978. The summed E-state index contributed by atoms with van der Waals surface area (Å²) in [5.74, 6) is -0.602. The summed E-state index contributed by atoms with van der Waals surface area (Å²) in [6, 6.07) is 13.4. The molecule has 1 saturated heterocycles. The van der Waals surface area contributed by atoms with E-state index in [9.17, 15) is 14.4 Å². The molecule has 3 amide bonds. The lowest BCUT2D eigenvalue weighted by atomic mass is 10.1. The predicted molar refractivity (Wildman–Crippen MR) is 97.0 cm³/mol. The number of benzene rings is 2. The maximum atomic E-state index is 12.5. The van der Waals surface area contributed by atoms with E-state index in [0.29, 0.717) is 23.5 Å². The van der Waals surface area contributed by atoms with E-state index in [1.165, 1.54) is 0 Å². The zero-order valence-electron chi connectivity index (χ0n) is 14.3. The molecule has 1 unspecified atom stereocenters. The van der Waals surface area contributed by atoms with Crippen molar-refractivity contribution in [2.24, 2.45) is 11.7 Å². The van der Waals surface area contributed by atoms with Gasteiger partial charge in [0.15, 0.2) is 0 Å². The molecule has 1 aliphatic heterocycles. The highest BCUT2D eigenvalue weighted by atomic mass is 16.5. The van der Waals surface area contributed by atoms with E-state index < -0.39 is 11.8 Å². The topological polar surface area (TPSA) is 102 Å². The van der Waals surface area contributed by atoms with Gasteiger partial charge in [-0.05, 0) is 48.5 Å². The summed E-state index contributed by atoms with van der Waals surface area (Å²) in [5.41, 5.74) is 6.84. The molecule has 2 aromatic carbocycles. The number of amides is 3. The molecule has 1 fully saturated rings. The molecule has 0 aliphatic carbocycles. The van der Waals surface area contributed by atoms with Gasteiger partial charge in [-0.2, -0.15) is 0 Å². The van der Waals surface area contributed by atoms with E-state index >= 15 is 0 Å². The Morgan fingerprint density at radius 3 is 2.35 bits per heavy atom. The van der Waals surface area contributed by atoms with Crippen LogP contribution in [0.25, 0.3) is 0 Å². The van der Waals surface area contributed by atoms with E-state index in [1.807, 2.05) is 0 Å². The Morgan fingerprint density at radius 2 is 1.77 bits per heavy atom. The fourth-order valence-electron chi connectivity index (χ4n) is 2.86. The number of nitrogens with one attached hydrogen (secondary N) is 1. The number of ether oxygens (including phenoxy) is 1. The summed E-state index contributed by atoms with van der Waals surface area (Å²) in [5, 5.41) is 2.77. The number of carbonyl (C=O) groups is 3. The molecule has 3 rings (SSSR count). The van der Waals surface area contributed by atoms with Crippen molar-refractivity contribution in [3.63, 3.8) is 0 Å². The van der Waals surface area contributed by atoms with Crippen molar-refractivity contribution in [3.05, 3.63) is 54.1 Å². The van der Waals surface area contributed by atoms with Crippen LogP contribution in [0.2, 0.25) is 0 Å². The van der Waals surface area contributed by atoms with Gasteiger partial charge >= 0.3 is 0 Å². The molecule has 0 saturated carbocycles. The van der Waals surface area contributed by atoms with Gasteiger partial charge in [-0.3, -0.25) is 14.4 Å². The standard InChI is InChI=1S/C19H19N3O4/c1-26-16-8-6-15(7-9-16)22-11-13(10-17(22)23)19(25)21-14-4-2-12(3-5-14)18(20)24/h2-9,13H,10-11H2,1H3,(H2,20,24)(H,21,25). The summed E-state index contributed by atoms with van der Waals surface area (Å²) >= 11 is 0. The van der Waals surface area contributed by atoms with Gasteiger partial charge in [0.1, 0.15) is 5.75 Å². The number of carbonyl (C=O) groups excluding carboxylic acids is 3. The maximum absolute atomic E-state index is 12.5. The summed E-state index contributed by atoms with van der Waals surface area (Å²) in [7, 11) is 1.58. The highest BCUT2D eigenvalue weighted by molar-refractivity contribution is 6.03. The van der Waals surface area contributed by atoms with Crippen LogP contribution in [0.1, 0.15) is 16.8 Å². The molecule has 7 heteroatoms.